The van der Waals surface area contributed by atoms with Crippen molar-refractivity contribution < 1.29 is 44.1 Å². The molecule has 0 aromatic heterocycles. The van der Waals surface area contributed by atoms with Crippen LogP contribution in [0.5, 0.6) is 0 Å². The van der Waals surface area contributed by atoms with Crippen molar-refractivity contribution in [1.29, 1.82) is 0 Å². The first-order chi connectivity index (χ1) is 9.57. The van der Waals surface area contributed by atoms with E-state index in [1.807, 2.05) is 34.6 Å². The van der Waals surface area contributed by atoms with Crippen LogP contribution in [0.25, 0.3) is 0 Å². The van der Waals surface area contributed by atoms with Crippen LogP contribution < -0.4 is 0 Å². The Morgan fingerprint density at radius 1 is 0.381 bits per heavy atom. The molecule has 0 saturated heterocycles. The standard InChI is InChI=1S/5C3H8O.V/c5*1-2-3-4;/h5*4H,2-3H2,1H3;. The third-order valence-electron chi connectivity index (χ3n) is 1.12. The molecule has 1 radical (unpaired) electrons. The maximum atomic E-state index is 7.88. The minimum atomic E-state index is 0. The van der Waals surface area contributed by atoms with Crippen molar-refractivity contribution in [3.63, 3.8) is 0 Å². The van der Waals surface area contributed by atoms with Crippen LogP contribution in [0.2, 0.25) is 0 Å². The van der Waals surface area contributed by atoms with Gasteiger partial charge in [0.2, 0.25) is 0 Å². The molecule has 0 aromatic carbocycles. The second-order valence-corrected chi connectivity index (χ2v) is 3.62. The van der Waals surface area contributed by atoms with E-state index in [2.05, 4.69) is 0 Å². The Labute approximate surface area is 144 Å². The molecule has 135 valence electrons. The first-order valence-corrected chi connectivity index (χ1v) is 7.62. The van der Waals surface area contributed by atoms with Crippen molar-refractivity contribution in [2.75, 3.05) is 33.0 Å². The molecule has 0 spiro atoms. The van der Waals surface area contributed by atoms with Crippen LogP contribution in [0.3, 0.4) is 0 Å². The summed E-state index contributed by atoms with van der Waals surface area (Å²) in [6.07, 6.45) is 4.38. The second-order valence-electron chi connectivity index (χ2n) is 3.62. The van der Waals surface area contributed by atoms with Crippen molar-refractivity contribution in [3.05, 3.63) is 0 Å². The molecule has 0 unspecified atom stereocenters. The Kier molecular flexibility index (Phi) is 127. The number of hydrogen-bond donors (Lipinski definition) is 5. The van der Waals surface area contributed by atoms with Gasteiger partial charge in [-0.1, -0.05) is 34.6 Å². The zero-order chi connectivity index (χ0) is 17.1. The second kappa shape index (κ2) is 71.0. The van der Waals surface area contributed by atoms with Crippen molar-refractivity contribution in [3.8, 4) is 0 Å². The van der Waals surface area contributed by atoms with Gasteiger partial charge in [-0.2, -0.15) is 0 Å². The van der Waals surface area contributed by atoms with Gasteiger partial charge in [-0.05, 0) is 32.1 Å². The maximum Gasteiger partial charge on any atom is 0.0428 e. The first kappa shape index (κ1) is 37.5. The Hall–Kier alpha value is 0.384. The normalized spacial score (nSPS) is 7.14. The zero-order valence-electron chi connectivity index (χ0n) is 14.8. The predicted octanol–water partition coefficient (Wildman–Crippen LogP) is 1.94. The largest absolute Gasteiger partial charge is 0.396 e. The fourth-order valence-corrected chi connectivity index (χ4v) is 0. The van der Waals surface area contributed by atoms with E-state index in [4.69, 9.17) is 25.5 Å². The molecule has 0 bridgehead atoms. The molecule has 0 heterocycles. The van der Waals surface area contributed by atoms with Gasteiger partial charge in [-0.25, -0.2) is 0 Å². The Balaban J connectivity index is -0.0000000331. The quantitative estimate of drug-likeness (QED) is 0.521. The molecule has 0 aliphatic heterocycles. The third-order valence-corrected chi connectivity index (χ3v) is 1.12. The van der Waals surface area contributed by atoms with Gasteiger partial charge < -0.3 is 25.5 Å². The topological polar surface area (TPSA) is 101 Å². The molecular weight excluding hydrogens is 311 g/mol. The van der Waals surface area contributed by atoms with Crippen LogP contribution in [0.15, 0.2) is 0 Å². The summed E-state index contributed by atoms with van der Waals surface area (Å²) in [4.78, 5) is 0. The summed E-state index contributed by atoms with van der Waals surface area (Å²) >= 11 is 0. The molecule has 0 aliphatic rings. The van der Waals surface area contributed by atoms with E-state index in [1.165, 1.54) is 0 Å². The van der Waals surface area contributed by atoms with E-state index in [0.29, 0.717) is 33.0 Å². The maximum absolute atomic E-state index is 7.88. The molecule has 0 atom stereocenters. The summed E-state index contributed by atoms with van der Waals surface area (Å²) in [5.41, 5.74) is 0. The summed E-state index contributed by atoms with van der Waals surface area (Å²) in [5.74, 6) is 0. The predicted molar refractivity (Wildman–Crippen MR) is 86.9 cm³/mol. The van der Waals surface area contributed by atoms with Crippen molar-refractivity contribution in [1.82, 2.24) is 0 Å². The number of aliphatic hydroxyl groups excluding tert-OH is 5. The van der Waals surface area contributed by atoms with Gasteiger partial charge in [0.15, 0.2) is 0 Å². The Bertz CT molecular complexity index is 55.2. The van der Waals surface area contributed by atoms with Gasteiger partial charge in [0.1, 0.15) is 0 Å². The van der Waals surface area contributed by atoms with Crippen LogP contribution in [-0.2, 0) is 18.6 Å². The van der Waals surface area contributed by atoms with Gasteiger partial charge in [-0.3, -0.25) is 0 Å². The van der Waals surface area contributed by atoms with Crippen LogP contribution >= 0.6 is 0 Å². The monoisotopic (exact) mass is 351 g/mol. The summed E-state index contributed by atoms with van der Waals surface area (Å²) in [5, 5.41) is 39.4. The molecule has 5 nitrogen and oxygen atoms in total. The van der Waals surface area contributed by atoms with Crippen LogP contribution in [0.1, 0.15) is 66.7 Å². The smallest absolute Gasteiger partial charge is 0.0428 e. The van der Waals surface area contributed by atoms with Gasteiger partial charge in [-0.15, -0.1) is 0 Å². The van der Waals surface area contributed by atoms with E-state index in [0.717, 1.165) is 32.1 Å². The molecule has 0 rings (SSSR count). The fourth-order valence-electron chi connectivity index (χ4n) is 0. The van der Waals surface area contributed by atoms with Crippen LogP contribution in [0.4, 0.5) is 0 Å². The summed E-state index contributed by atoms with van der Waals surface area (Å²) in [6, 6.07) is 0. The summed E-state index contributed by atoms with van der Waals surface area (Å²) in [7, 11) is 0. The molecule has 0 fully saturated rings. The molecule has 5 N–H and O–H groups in total. The van der Waals surface area contributed by atoms with Gasteiger partial charge in [0.05, 0.1) is 0 Å². The van der Waals surface area contributed by atoms with Gasteiger partial charge in [0, 0.05) is 51.6 Å². The molecule has 6 heteroatoms. The average molecular weight is 351 g/mol. The SMILES string of the molecule is CCCO.CCCO.CCCO.CCCO.CCCO.[V]. The van der Waals surface area contributed by atoms with E-state index in [-0.39, 0.29) is 18.6 Å². The van der Waals surface area contributed by atoms with Crippen molar-refractivity contribution in [2.24, 2.45) is 0 Å². The van der Waals surface area contributed by atoms with Gasteiger partial charge in [0.25, 0.3) is 0 Å². The fraction of sp³-hybridized carbons (Fsp3) is 1.00. The zero-order valence-corrected chi connectivity index (χ0v) is 16.2. The van der Waals surface area contributed by atoms with Gasteiger partial charge >= 0.3 is 0 Å². The minimum absolute atomic E-state index is 0. The number of aliphatic hydroxyl groups is 5. The molecule has 0 aliphatic carbocycles. The number of rotatable bonds is 5. The average Bonchev–Trinajstić information content (AvgIpc) is 2.55. The Morgan fingerprint density at radius 3 is 0.429 bits per heavy atom. The first-order valence-electron chi connectivity index (χ1n) is 7.62. The molecule has 0 saturated carbocycles. The van der Waals surface area contributed by atoms with Crippen LogP contribution in [0, 0.1) is 0 Å². The summed E-state index contributed by atoms with van der Waals surface area (Å²) < 4.78 is 0. The van der Waals surface area contributed by atoms with E-state index >= 15 is 0 Å². The Morgan fingerprint density at radius 2 is 0.429 bits per heavy atom. The summed E-state index contributed by atoms with van der Waals surface area (Å²) in [6.45, 7) is 11.2. The van der Waals surface area contributed by atoms with Crippen molar-refractivity contribution in [2.45, 2.75) is 66.7 Å². The van der Waals surface area contributed by atoms with E-state index < -0.39 is 0 Å². The van der Waals surface area contributed by atoms with E-state index in [9.17, 15) is 0 Å². The minimum Gasteiger partial charge on any atom is -0.396 e. The van der Waals surface area contributed by atoms with Crippen LogP contribution in [-0.4, -0.2) is 58.6 Å². The molecular formula is C15H40O5V. The third kappa shape index (κ3) is 238. The molecule has 0 aromatic rings. The molecule has 0 amide bonds. The van der Waals surface area contributed by atoms with E-state index in [1.54, 1.807) is 0 Å². The van der Waals surface area contributed by atoms with Crippen molar-refractivity contribution >= 4 is 0 Å². The molecule has 21 heavy (non-hydrogen) atoms. The number of hydrogen-bond acceptors (Lipinski definition) is 5.